The monoisotopic (exact) mass is 334 g/mol. The van der Waals surface area contributed by atoms with Gasteiger partial charge in [0.2, 0.25) is 0 Å². The van der Waals surface area contributed by atoms with E-state index in [-0.39, 0.29) is 17.4 Å². The van der Waals surface area contributed by atoms with Gasteiger partial charge < -0.3 is 9.84 Å². The van der Waals surface area contributed by atoms with E-state index in [9.17, 15) is 9.90 Å². The lowest BCUT2D eigenvalue weighted by Gasteiger charge is -2.17. The minimum atomic E-state index is -0.411. The van der Waals surface area contributed by atoms with Gasteiger partial charge in [-0.3, -0.25) is 0 Å². The van der Waals surface area contributed by atoms with Crippen LogP contribution in [0.15, 0.2) is 24.3 Å². The van der Waals surface area contributed by atoms with Gasteiger partial charge in [-0.25, -0.2) is 4.79 Å². The van der Waals surface area contributed by atoms with Gasteiger partial charge in [0.25, 0.3) is 0 Å². The predicted molar refractivity (Wildman–Crippen MR) is 99.4 cm³/mol. The van der Waals surface area contributed by atoms with E-state index in [0.717, 1.165) is 25.7 Å². The molecule has 24 heavy (non-hydrogen) atoms. The van der Waals surface area contributed by atoms with E-state index in [1.807, 2.05) is 0 Å². The van der Waals surface area contributed by atoms with Crippen molar-refractivity contribution >= 4 is 5.97 Å². The molecular weight excluding hydrogens is 300 g/mol. The van der Waals surface area contributed by atoms with Crippen LogP contribution in [-0.2, 0) is 4.74 Å². The molecule has 1 aromatic rings. The van der Waals surface area contributed by atoms with Gasteiger partial charge in [0, 0.05) is 0 Å². The van der Waals surface area contributed by atoms with Crippen LogP contribution in [0.1, 0.15) is 94.8 Å². The fourth-order valence-corrected chi connectivity index (χ4v) is 2.95. The third-order valence-electron chi connectivity index (χ3n) is 4.39. The van der Waals surface area contributed by atoms with Crippen molar-refractivity contribution in [2.24, 2.45) is 0 Å². The molecule has 0 spiro atoms. The topological polar surface area (TPSA) is 46.5 Å². The van der Waals surface area contributed by atoms with Gasteiger partial charge in [0.15, 0.2) is 0 Å². The van der Waals surface area contributed by atoms with Crippen LogP contribution in [0.5, 0.6) is 5.75 Å². The molecule has 1 aromatic carbocycles. The summed E-state index contributed by atoms with van der Waals surface area (Å²) in [5.74, 6) is -0.420. The summed E-state index contributed by atoms with van der Waals surface area (Å²) in [6, 6.07) is 6.57. The molecule has 0 saturated carbocycles. The van der Waals surface area contributed by atoms with Crippen LogP contribution in [0.3, 0.4) is 0 Å². The number of rotatable bonds is 13. The van der Waals surface area contributed by atoms with Crippen molar-refractivity contribution < 1.29 is 14.6 Å². The molecule has 136 valence electrons. The first-order valence-corrected chi connectivity index (χ1v) is 9.68. The van der Waals surface area contributed by atoms with Crippen molar-refractivity contribution in [3.05, 3.63) is 29.8 Å². The number of carbonyl (C=O) groups is 1. The molecule has 0 saturated heterocycles. The highest BCUT2D eigenvalue weighted by Crippen LogP contribution is 2.20. The third-order valence-corrected chi connectivity index (χ3v) is 4.39. The Kier molecular flexibility index (Phi) is 11.0. The second-order valence-corrected chi connectivity index (χ2v) is 6.60. The Hall–Kier alpha value is -1.51. The molecule has 3 nitrogen and oxygen atoms in total. The quantitative estimate of drug-likeness (QED) is 0.342. The van der Waals surface area contributed by atoms with Crippen LogP contribution >= 0.6 is 0 Å². The second kappa shape index (κ2) is 12.9. The van der Waals surface area contributed by atoms with Crippen molar-refractivity contribution in [2.45, 2.75) is 90.6 Å². The molecule has 0 radical (unpaired) electrons. The van der Waals surface area contributed by atoms with Crippen LogP contribution in [0, 0.1) is 0 Å². The molecule has 0 amide bonds. The molecular formula is C21H34O3. The molecule has 1 unspecified atom stereocenters. The first kappa shape index (κ1) is 20.5. The molecule has 1 atom stereocenters. The van der Waals surface area contributed by atoms with Crippen molar-refractivity contribution in [1.82, 2.24) is 0 Å². The number of phenolic OH excluding ortho intramolecular Hbond substituents is 1. The molecule has 0 fully saturated rings. The smallest absolute Gasteiger partial charge is 0.342 e. The van der Waals surface area contributed by atoms with Crippen LogP contribution in [0.4, 0.5) is 0 Å². The Balaban J connectivity index is 2.28. The first-order valence-electron chi connectivity index (χ1n) is 9.68. The van der Waals surface area contributed by atoms with E-state index in [1.165, 1.54) is 51.0 Å². The molecule has 3 heteroatoms. The zero-order valence-corrected chi connectivity index (χ0v) is 15.4. The lowest BCUT2D eigenvalue weighted by molar-refractivity contribution is 0.0250. The van der Waals surface area contributed by atoms with Crippen LogP contribution in [-0.4, -0.2) is 17.2 Å². The van der Waals surface area contributed by atoms with Gasteiger partial charge in [-0.1, -0.05) is 77.3 Å². The molecule has 1 N–H and O–H groups in total. The van der Waals surface area contributed by atoms with Gasteiger partial charge >= 0.3 is 5.97 Å². The number of esters is 1. The third kappa shape index (κ3) is 8.37. The number of unbranched alkanes of at least 4 members (excludes halogenated alkanes) is 7. The van der Waals surface area contributed by atoms with Crippen LogP contribution in [0.25, 0.3) is 0 Å². The van der Waals surface area contributed by atoms with E-state index < -0.39 is 5.97 Å². The Labute approximate surface area is 147 Å². The minimum Gasteiger partial charge on any atom is -0.507 e. The Morgan fingerprint density at radius 1 is 0.917 bits per heavy atom. The second-order valence-electron chi connectivity index (χ2n) is 6.60. The summed E-state index contributed by atoms with van der Waals surface area (Å²) in [5.41, 5.74) is 0.259. The van der Waals surface area contributed by atoms with Gasteiger partial charge in [-0.2, -0.15) is 0 Å². The number of ether oxygens (including phenoxy) is 1. The maximum atomic E-state index is 12.2. The lowest BCUT2D eigenvalue weighted by atomic mass is 10.0. The maximum Gasteiger partial charge on any atom is 0.342 e. The van der Waals surface area contributed by atoms with Crippen molar-refractivity contribution in [3.63, 3.8) is 0 Å². The number of hydrogen-bond acceptors (Lipinski definition) is 3. The molecule has 1 rings (SSSR count). The van der Waals surface area contributed by atoms with Crippen LogP contribution in [0.2, 0.25) is 0 Å². The lowest BCUT2D eigenvalue weighted by Crippen LogP contribution is -2.18. The predicted octanol–water partition coefficient (Wildman–Crippen LogP) is 6.25. The van der Waals surface area contributed by atoms with E-state index >= 15 is 0 Å². The van der Waals surface area contributed by atoms with E-state index in [1.54, 1.807) is 18.2 Å². The average Bonchev–Trinajstić information content (AvgIpc) is 2.57. The van der Waals surface area contributed by atoms with E-state index in [0.29, 0.717) is 0 Å². The minimum absolute atomic E-state index is 0.00942. The number of hydrogen-bond donors (Lipinski definition) is 1. The molecule has 0 heterocycles. The Morgan fingerprint density at radius 2 is 1.54 bits per heavy atom. The highest BCUT2D eigenvalue weighted by molar-refractivity contribution is 5.92. The van der Waals surface area contributed by atoms with Crippen LogP contribution < -0.4 is 0 Å². The van der Waals surface area contributed by atoms with E-state index in [2.05, 4.69) is 13.8 Å². The summed E-state index contributed by atoms with van der Waals surface area (Å²) in [7, 11) is 0. The summed E-state index contributed by atoms with van der Waals surface area (Å²) >= 11 is 0. The summed E-state index contributed by atoms with van der Waals surface area (Å²) in [4.78, 5) is 12.2. The average molecular weight is 334 g/mol. The molecule has 0 aliphatic carbocycles. The first-order chi connectivity index (χ1) is 11.7. The normalized spacial score (nSPS) is 12.1. The van der Waals surface area contributed by atoms with Gasteiger partial charge in [-0.15, -0.1) is 0 Å². The molecule has 0 aliphatic heterocycles. The number of aromatic hydroxyl groups is 1. The van der Waals surface area contributed by atoms with Crippen molar-refractivity contribution in [3.8, 4) is 5.75 Å². The van der Waals surface area contributed by atoms with Crippen molar-refractivity contribution in [2.75, 3.05) is 0 Å². The van der Waals surface area contributed by atoms with Gasteiger partial charge in [-0.05, 0) is 31.4 Å². The standard InChI is InChI=1S/C21H34O3/c1-3-5-6-7-8-9-10-11-15-18(14-4-2)24-21(23)19-16-12-13-17-20(19)22/h12-13,16-18,22H,3-11,14-15H2,1-2H3. The number of benzene rings is 1. The summed E-state index contributed by atoms with van der Waals surface area (Å²) in [5, 5.41) is 9.76. The highest BCUT2D eigenvalue weighted by Gasteiger charge is 2.17. The highest BCUT2D eigenvalue weighted by atomic mass is 16.5. The van der Waals surface area contributed by atoms with Crippen molar-refractivity contribution in [1.29, 1.82) is 0 Å². The largest absolute Gasteiger partial charge is 0.507 e. The van der Waals surface area contributed by atoms with Gasteiger partial charge in [0.1, 0.15) is 17.4 Å². The summed E-state index contributed by atoms with van der Waals surface area (Å²) in [6.07, 6.45) is 13.0. The van der Waals surface area contributed by atoms with E-state index in [4.69, 9.17) is 4.74 Å². The molecule has 0 aliphatic rings. The number of phenols is 1. The number of carbonyl (C=O) groups excluding carboxylic acids is 1. The Morgan fingerprint density at radius 3 is 2.17 bits per heavy atom. The summed E-state index contributed by atoms with van der Waals surface area (Å²) < 4.78 is 5.62. The fourth-order valence-electron chi connectivity index (χ4n) is 2.95. The maximum absolute atomic E-state index is 12.2. The Bertz CT molecular complexity index is 456. The SMILES string of the molecule is CCCCCCCCCCC(CCC)OC(=O)c1ccccc1O. The zero-order chi connectivity index (χ0) is 17.6. The summed E-state index contributed by atoms with van der Waals surface area (Å²) in [6.45, 7) is 4.35. The molecule has 0 bridgehead atoms. The molecule has 0 aromatic heterocycles. The fraction of sp³-hybridized carbons (Fsp3) is 0.667. The zero-order valence-electron chi connectivity index (χ0n) is 15.4. The number of para-hydroxylation sites is 1. The van der Waals surface area contributed by atoms with Gasteiger partial charge in [0.05, 0.1) is 0 Å².